The summed E-state index contributed by atoms with van der Waals surface area (Å²) >= 11 is 0. The summed E-state index contributed by atoms with van der Waals surface area (Å²) < 4.78 is 0. The van der Waals surface area contributed by atoms with Crippen molar-refractivity contribution in [3.63, 3.8) is 0 Å². The number of nitrogen functional groups attached to an aromatic ring is 1. The van der Waals surface area contributed by atoms with Crippen molar-refractivity contribution in [3.8, 4) is 0 Å². The average Bonchev–Trinajstić information content (AvgIpc) is 2.54. The second-order valence-electron chi connectivity index (χ2n) is 5.08. The molecule has 1 heterocycles. The first-order valence-corrected chi connectivity index (χ1v) is 7.31. The van der Waals surface area contributed by atoms with Gasteiger partial charge in [-0.2, -0.15) is 0 Å². The zero-order valence-corrected chi connectivity index (χ0v) is 12.7. The third-order valence-electron chi connectivity index (χ3n) is 3.50. The molecule has 0 amide bonds. The lowest BCUT2D eigenvalue weighted by molar-refractivity contribution is 0.826. The van der Waals surface area contributed by atoms with Gasteiger partial charge in [-0.3, -0.25) is 0 Å². The van der Waals surface area contributed by atoms with Crippen molar-refractivity contribution < 1.29 is 0 Å². The van der Waals surface area contributed by atoms with Crippen LogP contribution in [0.25, 0.3) is 0 Å². The van der Waals surface area contributed by atoms with Gasteiger partial charge in [-0.1, -0.05) is 43.7 Å². The van der Waals surface area contributed by atoms with Crippen molar-refractivity contribution >= 4 is 11.6 Å². The van der Waals surface area contributed by atoms with E-state index in [2.05, 4.69) is 58.5 Å². The molecule has 0 fully saturated rings. The Bertz CT molecular complexity index is 556. The molecular weight excluding hydrogens is 262 g/mol. The molecule has 0 unspecified atom stereocenters. The summed E-state index contributed by atoms with van der Waals surface area (Å²) in [7, 11) is 2.06. The molecule has 0 atom stereocenters. The highest BCUT2D eigenvalue weighted by Crippen LogP contribution is 2.23. The zero-order chi connectivity index (χ0) is 15.1. The number of nitrogens with one attached hydrogen (secondary N) is 1. The minimum absolute atomic E-state index is 0.716. The number of anilines is 2. The number of nitrogens with two attached hydrogens (primary N) is 1. The maximum atomic E-state index is 5.56. The van der Waals surface area contributed by atoms with Gasteiger partial charge in [-0.05, 0) is 18.4 Å². The summed E-state index contributed by atoms with van der Waals surface area (Å²) in [4.78, 5) is 10.8. The SMILES string of the molecule is CCCc1c(NN)ncnc1N(C)CCc1ccccc1. The molecule has 1 aromatic heterocycles. The topological polar surface area (TPSA) is 67.1 Å². The first-order chi connectivity index (χ1) is 10.3. The van der Waals surface area contributed by atoms with Gasteiger partial charge in [0.2, 0.25) is 0 Å². The van der Waals surface area contributed by atoms with E-state index in [4.69, 9.17) is 5.84 Å². The molecule has 0 aliphatic carbocycles. The van der Waals surface area contributed by atoms with E-state index < -0.39 is 0 Å². The molecule has 3 N–H and O–H groups in total. The van der Waals surface area contributed by atoms with Crippen molar-refractivity contribution in [1.82, 2.24) is 9.97 Å². The molecule has 5 nitrogen and oxygen atoms in total. The maximum absolute atomic E-state index is 5.56. The number of hydrogen-bond acceptors (Lipinski definition) is 5. The maximum Gasteiger partial charge on any atom is 0.148 e. The lowest BCUT2D eigenvalue weighted by Gasteiger charge is -2.22. The fraction of sp³-hybridized carbons (Fsp3) is 0.375. The predicted molar refractivity (Wildman–Crippen MR) is 87.3 cm³/mol. The molecule has 0 spiro atoms. The molecule has 21 heavy (non-hydrogen) atoms. The Labute approximate surface area is 126 Å². The van der Waals surface area contributed by atoms with Crippen LogP contribution in [0.1, 0.15) is 24.5 Å². The highest BCUT2D eigenvalue weighted by Gasteiger charge is 2.13. The number of benzene rings is 1. The van der Waals surface area contributed by atoms with Crippen LogP contribution in [0.15, 0.2) is 36.7 Å². The van der Waals surface area contributed by atoms with Crippen LogP contribution in [0.4, 0.5) is 11.6 Å². The number of hydrogen-bond donors (Lipinski definition) is 2. The van der Waals surface area contributed by atoms with Crippen LogP contribution < -0.4 is 16.2 Å². The summed E-state index contributed by atoms with van der Waals surface area (Å²) in [6.07, 6.45) is 4.48. The minimum Gasteiger partial charge on any atom is -0.359 e. The molecule has 2 rings (SSSR count). The van der Waals surface area contributed by atoms with Crippen LogP contribution in [-0.2, 0) is 12.8 Å². The fourth-order valence-corrected chi connectivity index (χ4v) is 2.38. The second kappa shape index (κ2) is 7.59. The van der Waals surface area contributed by atoms with Gasteiger partial charge in [0.15, 0.2) is 0 Å². The van der Waals surface area contributed by atoms with E-state index in [0.29, 0.717) is 5.82 Å². The molecule has 2 aromatic rings. The standard InChI is InChI=1S/C16H23N5/c1-3-7-14-15(20-17)18-12-19-16(14)21(2)11-10-13-8-5-4-6-9-13/h4-6,8-9,12H,3,7,10-11,17H2,1-2H3,(H,18,19,20). The molecule has 0 saturated carbocycles. The summed E-state index contributed by atoms with van der Waals surface area (Å²) in [6, 6.07) is 10.5. The Morgan fingerprint density at radius 1 is 1.14 bits per heavy atom. The van der Waals surface area contributed by atoms with Crippen LogP contribution >= 0.6 is 0 Å². The van der Waals surface area contributed by atoms with Gasteiger partial charge < -0.3 is 10.3 Å². The Morgan fingerprint density at radius 3 is 2.57 bits per heavy atom. The summed E-state index contributed by atoms with van der Waals surface area (Å²) in [5.74, 6) is 7.23. The largest absolute Gasteiger partial charge is 0.359 e. The first kappa shape index (κ1) is 15.3. The van der Waals surface area contributed by atoms with E-state index in [0.717, 1.165) is 37.2 Å². The quantitative estimate of drug-likeness (QED) is 0.604. The molecule has 5 heteroatoms. The average molecular weight is 285 g/mol. The van der Waals surface area contributed by atoms with Gasteiger partial charge in [0.25, 0.3) is 0 Å². The van der Waals surface area contributed by atoms with Crippen LogP contribution in [-0.4, -0.2) is 23.6 Å². The number of aromatic nitrogens is 2. The number of hydrazine groups is 1. The number of nitrogens with zero attached hydrogens (tertiary/aromatic N) is 3. The minimum atomic E-state index is 0.716. The Balaban J connectivity index is 2.12. The van der Waals surface area contributed by atoms with Gasteiger partial charge in [0.05, 0.1) is 0 Å². The van der Waals surface area contributed by atoms with Gasteiger partial charge >= 0.3 is 0 Å². The van der Waals surface area contributed by atoms with Crippen LogP contribution in [0.2, 0.25) is 0 Å². The third kappa shape index (κ3) is 3.92. The molecule has 112 valence electrons. The fourth-order valence-electron chi connectivity index (χ4n) is 2.38. The molecule has 0 saturated heterocycles. The molecule has 0 aliphatic rings. The van der Waals surface area contributed by atoms with E-state index in [9.17, 15) is 0 Å². The molecular formula is C16H23N5. The highest BCUT2D eigenvalue weighted by atomic mass is 15.3. The van der Waals surface area contributed by atoms with Crippen molar-refractivity contribution in [2.75, 3.05) is 23.9 Å². The van der Waals surface area contributed by atoms with Gasteiger partial charge in [-0.15, -0.1) is 0 Å². The molecule has 0 radical (unpaired) electrons. The highest BCUT2D eigenvalue weighted by molar-refractivity contribution is 5.58. The Morgan fingerprint density at radius 2 is 1.90 bits per heavy atom. The Kier molecular flexibility index (Phi) is 5.51. The lowest BCUT2D eigenvalue weighted by Crippen LogP contribution is -2.24. The normalized spacial score (nSPS) is 10.4. The van der Waals surface area contributed by atoms with Crippen LogP contribution in [0.3, 0.4) is 0 Å². The smallest absolute Gasteiger partial charge is 0.148 e. The van der Waals surface area contributed by atoms with Crippen molar-refractivity contribution in [2.45, 2.75) is 26.2 Å². The van der Waals surface area contributed by atoms with Crippen molar-refractivity contribution in [2.24, 2.45) is 5.84 Å². The summed E-state index contributed by atoms with van der Waals surface area (Å²) in [5, 5.41) is 0. The third-order valence-corrected chi connectivity index (χ3v) is 3.50. The summed E-state index contributed by atoms with van der Waals surface area (Å²) in [6.45, 7) is 3.04. The van der Waals surface area contributed by atoms with E-state index >= 15 is 0 Å². The number of likely N-dealkylation sites (N-methyl/N-ethyl adjacent to an activating group) is 1. The van der Waals surface area contributed by atoms with Crippen LogP contribution in [0, 0.1) is 0 Å². The monoisotopic (exact) mass is 285 g/mol. The molecule has 0 aliphatic heterocycles. The van der Waals surface area contributed by atoms with E-state index in [1.54, 1.807) is 6.33 Å². The number of rotatable bonds is 7. The van der Waals surface area contributed by atoms with E-state index in [1.807, 2.05) is 6.07 Å². The van der Waals surface area contributed by atoms with Crippen molar-refractivity contribution in [1.29, 1.82) is 0 Å². The Hall–Kier alpha value is -2.14. The van der Waals surface area contributed by atoms with Gasteiger partial charge in [-0.25, -0.2) is 15.8 Å². The summed E-state index contributed by atoms with van der Waals surface area (Å²) in [5.41, 5.74) is 5.08. The molecule has 1 aromatic carbocycles. The first-order valence-electron chi connectivity index (χ1n) is 7.31. The van der Waals surface area contributed by atoms with Crippen LogP contribution in [0.5, 0.6) is 0 Å². The zero-order valence-electron chi connectivity index (χ0n) is 12.7. The predicted octanol–water partition coefficient (Wildman–Crippen LogP) is 2.39. The lowest BCUT2D eigenvalue weighted by atomic mass is 10.1. The van der Waals surface area contributed by atoms with Crippen molar-refractivity contribution in [3.05, 3.63) is 47.8 Å². The van der Waals surface area contributed by atoms with E-state index in [1.165, 1.54) is 5.56 Å². The molecule has 0 bridgehead atoms. The second-order valence-corrected chi connectivity index (χ2v) is 5.08. The van der Waals surface area contributed by atoms with Gasteiger partial charge in [0.1, 0.15) is 18.0 Å². The van der Waals surface area contributed by atoms with Gasteiger partial charge in [0, 0.05) is 19.2 Å². The van der Waals surface area contributed by atoms with E-state index in [-0.39, 0.29) is 0 Å².